The molecule has 4 amide bonds. The van der Waals surface area contributed by atoms with Gasteiger partial charge in [-0.15, -0.1) is 11.3 Å². The maximum atomic E-state index is 14.7. The lowest BCUT2D eigenvalue weighted by molar-refractivity contribution is -0.145. The normalized spacial score (nSPS) is 25.3. The van der Waals surface area contributed by atoms with E-state index in [1.54, 1.807) is 25.3 Å². The monoisotopic (exact) mass is 829 g/mol. The Morgan fingerprint density at radius 2 is 1.83 bits per heavy atom. The van der Waals surface area contributed by atoms with Gasteiger partial charge in [-0.05, 0) is 70.4 Å². The highest BCUT2D eigenvalue weighted by Gasteiger charge is 2.61. The van der Waals surface area contributed by atoms with Gasteiger partial charge in [0.25, 0.3) is 0 Å². The Balaban J connectivity index is 1.20. The molecular formula is C43H55N7O8S. The van der Waals surface area contributed by atoms with Crippen LogP contribution in [-0.2, 0) is 19.2 Å². The summed E-state index contributed by atoms with van der Waals surface area (Å²) < 4.78 is 12.2. The highest BCUT2D eigenvalue weighted by Crippen LogP contribution is 2.45. The maximum Gasteiger partial charge on any atom is 0.330 e. The molecule has 2 aliphatic carbocycles. The first kappa shape index (κ1) is 41.9. The van der Waals surface area contributed by atoms with Crippen LogP contribution in [0.1, 0.15) is 85.5 Å². The number of carboxylic acids is 1. The molecule has 0 bridgehead atoms. The number of carboxylic acid groups (broad SMARTS) is 1. The topological polar surface area (TPSA) is 201 Å². The van der Waals surface area contributed by atoms with Crippen LogP contribution in [0.15, 0.2) is 41.8 Å². The van der Waals surface area contributed by atoms with Gasteiger partial charge in [-0.2, -0.15) is 0 Å². The summed E-state index contributed by atoms with van der Waals surface area (Å²) in [6, 6.07) is 3.98. The quantitative estimate of drug-likeness (QED) is 0.141. The Bertz CT molecular complexity index is 2120. The molecule has 6 atom stereocenters. The Labute approximate surface area is 348 Å². The summed E-state index contributed by atoms with van der Waals surface area (Å²) in [6.07, 6.45) is 8.25. The number of anilines is 1. The summed E-state index contributed by atoms with van der Waals surface area (Å²) in [4.78, 5) is 79.4. The van der Waals surface area contributed by atoms with Gasteiger partial charge < -0.3 is 40.7 Å². The third-order valence-corrected chi connectivity index (χ3v) is 12.4. The fourth-order valence-electron chi connectivity index (χ4n) is 8.09. The van der Waals surface area contributed by atoms with E-state index in [-0.39, 0.29) is 49.0 Å². The number of hydrogen-bond acceptors (Lipinski definition) is 11. The number of nitrogens with one attached hydrogen (secondary N) is 4. The molecule has 2 saturated carbocycles. The zero-order valence-corrected chi connectivity index (χ0v) is 35.1. The van der Waals surface area contributed by atoms with Crippen molar-refractivity contribution < 1.29 is 38.6 Å². The molecule has 3 fully saturated rings. The van der Waals surface area contributed by atoms with Crippen molar-refractivity contribution in [3.8, 4) is 22.9 Å². The number of methoxy groups -OCH3 is 1. The summed E-state index contributed by atoms with van der Waals surface area (Å²) in [5, 5.41) is 25.5. The number of carbonyl (C=O) groups excluding carboxylic acids is 4. The van der Waals surface area contributed by atoms with Crippen LogP contribution >= 0.6 is 11.3 Å². The molecule has 59 heavy (non-hydrogen) atoms. The van der Waals surface area contributed by atoms with Crippen molar-refractivity contribution in [1.82, 2.24) is 30.8 Å². The summed E-state index contributed by atoms with van der Waals surface area (Å²) in [5.74, 6) is -1.76. The van der Waals surface area contributed by atoms with Crippen molar-refractivity contribution in [1.29, 1.82) is 0 Å². The molecular weight excluding hydrogens is 775 g/mol. The number of amides is 4. The standard InChI is InChI=1S/C43H55N7O8S/c1-23(2)36(37(51)25-13-14-25)48-41(56)46-30-12-10-8-6-7-9-11-26-20-43(26,40(54)55)49-38(52)34-18-28(21-50(34)39(30)53)58-35-19-32(33-22-59-42(47-33)44-24(3)4)45-31-17-27(57-5)15-16-29(31)35/h9,11,15-17,19,22-26,28,30,34,36H,6-8,10,12-14,18,20-21H2,1-5H3,(H,44,47)(H,49,52)(H,54,55)(H2,46,48,56)/t26?,28-,30+,34+,36+,43-/m1/s1. The maximum absolute atomic E-state index is 14.7. The molecule has 15 nitrogen and oxygen atoms in total. The Morgan fingerprint density at radius 3 is 2.54 bits per heavy atom. The first-order valence-electron chi connectivity index (χ1n) is 20.8. The fraction of sp³-hybridized carbons (Fsp3) is 0.558. The second-order valence-corrected chi connectivity index (χ2v) is 17.8. The molecule has 3 aromatic rings. The summed E-state index contributed by atoms with van der Waals surface area (Å²) in [6.45, 7) is 7.80. The van der Waals surface area contributed by atoms with Crippen LogP contribution in [0.25, 0.3) is 22.3 Å². The third-order valence-electron chi connectivity index (χ3n) is 11.6. The number of nitrogens with zero attached hydrogens (tertiary/aromatic N) is 3. The molecule has 4 heterocycles. The minimum absolute atomic E-state index is 0.00806. The lowest BCUT2D eigenvalue weighted by Gasteiger charge is -2.30. The first-order chi connectivity index (χ1) is 28.3. The average molecular weight is 830 g/mol. The van der Waals surface area contributed by atoms with Crippen LogP contribution in [0.2, 0.25) is 0 Å². The number of rotatable bonds is 12. The van der Waals surface area contributed by atoms with E-state index < -0.39 is 53.6 Å². The van der Waals surface area contributed by atoms with Crippen molar-refractivity contribution in [3.05, 3.63) is 41.8 Å². The number of aromatic nitrogens is 2. The third kappa shape index (κ3) is 9.47. The number of hydrogen-bond donors (Lipinski definition) is 5. The number of ether oxygens (including phenoxy) is 2. The van der Waals surface area contributed by atoms with Crippen molar-refractivity contribution in [2.45, 2.75) is 121 Å². The molecule has 1 unspecified atom stereocenters. The Hall–Kier alpha value is -5.25. The molecule has 0 radical (unpaired) electrons. The van der Waals surface area contributed by atoms with Crippen LogP contribution < -0.4 is 30.7 Å². The molecule has 1 aromatic carbocycles. The number of ketones is 1. The van der Waals surface area contributed by atoms with Crippen LogP contribution in [0.5, 0.6) is 11.5 Å². The van der Waals surface area contributed by atoms with Crippen LogP contribution in [0, 0.1) is 17.8 Å². The second kappa shape index (κ2) is 17.5. The molecule has 316 valence electrons. The SMILES string of the molecule is COc1ccc2c(O[C@@H]3C[C@H]4C(=O)N[C@]5(C(=O)O)CC5C=CCCCCC[C@H](NC(=O)N[C@H](C(=O)C5CC5)C(C)C)C(=O)N4C3)cc(-c3csc(NC(C)C)n3)nc2c1. The highest BCUT2D eigenvalue weighted by atomic mass is 32.1. The van der Waals surface area contributed by atoms with Crippen molar-refractivity contribution in [2.75, 3.05) is 19.0 Å². The largest absolute Gasteiger partial charge is 0.497 e. The summed E-state index contributed by atoms with van der Waals surface area (Å²) in [5.41, 5.74) is 0.308. The predicted molar refractivity (Wildman–Crippen MR) is 223 cm³/mol. The molecule has 1 saturated heterocycles. The number of thiazole rings is 1. The molecule has 16 heteroatoms. The number of carbonyl (C=O) groups is 5. The summed E-state index contributed by atoms with van der Waals surface area (Å²) >= 11 is 1.46. The molecule has 5 N–H and O–H groups in total. The van der Waals surface area contributed by atoms with Gasteiger partial charge in [0.1, 0.15) is 40.9 Å². The van der Waals surface area contributed by atoms with Crippen LogP contribution in [0.3, 0.4) is 0 Å². The number of urea groups is 1. The Morgan fingerprint density at radius 1 is 1.03 bits per heavy atom. The fourth-order valence-corrected chi connectivity index (χ4v) is 8.94. The molecule has 2 aromatic heterocycles. The molecule has 0 spiro atoms. The van der Waals surface area contributed by atoms with Crippen molar-refractivity contribution in [3.63, 3.8) is 0 Å². The zero-order valence-electron chi connectivity index (χ0n) is 34.3. The first-order valence-corrected chi connectivity index (χ1v) is 21.7. The van der Waals surface area contributed by atoms with Gasteiger partial charge in [0.2, 0.25) is 11.8 Å². The zero-order chi connectivity index (χ0) is 42.0. The molecule has 2 aliphatic heterocycles. The van der Waals surface area contributed by atoms with Crippen molar-refractivity contribution >= 4 is 57.0 Å². The molecule has 4 aliphatic rings. The van der Waals surface area contributed by atoms with Gasteiger partial charge in [0, 0.05) is 47.2 Å². The van der Waals surface area contributed by atoms with E-state index in [1.807, 2.05) is 51.3 Å². The van der Waals surface area contributed by atoms with Gasteiger partial charge in [-0.1, -0.05) is 38.8 Å². The number of aliphatic carboxylic acids is 1. The Kier molecular flexibility index (Phi) is 12.5. The van der Waals surface area contributed by atoms with E-state index in [4.69, 9.17) is 19.4 Å². The number of Topliss-reactive ketones (excluding diaryl/α,β-unsaturated/α-hetero) is 1. The lowest BCUT2D eigenvalue weighted by Crippen LogP contribution is -2.58. The minimum Gasteiger partial charge on any atom is -0.497 e. The smallest absolute Gasteiger partial charge is 0.330 e. The number of allylic oxidation sites excluding steroid dienone is 1. The lowest BCUT2D eigenvalue weighted by atomic mass is 9.97. The van der Waals surface area contributed by atoms with Gasteiger partial charge >= 0.3 is 12.0 Å². The van der Waals surface area contributed by atoms with E-state index in [9.17, 15) is 29.1 Å². The molecule has 7 rings (SSSR count). The van der Waals surface area contributed by atoms with Crippen LogP contribution in [-0.4, -0.2) is 99.0 Å². The van der Waals surface area contributed by atoms with Crippen molar-refractivity contribution in [2.24, 2.45) is 17.8 Å². The minimum atomic E-state index is -1.48. The van der Waals surface area contributed by atoms with E-state index in [0.717, 1.165) is 37.2 Å². The second-order valence-electron chi connectivity index (χ2n) is 16.9. The number of pyridine rings is 1. The van der Waals surface area contributed by atoms with Gasteiger partial charge in [-0.25, -0.2) is 19.6 Å². The highest BCUT2D eigenvalue weighted by molar-refractivity contribution is 7.14. The number of fused-ring (bicyclic) bond motifs is 3. The van der Waals surface area contributed by atoms with Gasteiger partial charge in [0.15, 0.2) is 10.9 Å². The van der Waals surface area contributed by atoms with E-state index in [1.165, 1.54) is 16.2 Å². The average Bonchev–Trinajstić information content (AvgIpc) is 4.07. The van der Waals surface area contributed by atoms with Gasteiger partial charge in [0.05, 0.1) is 30.9 Å². The van der Waals surface area contributed by atoms with Gasteiger partial charge in [-0.3, -0.25) is 14.4 Å². The summed E-state index contributed by atoms with van der Waals surface area (Å²) in [7, 11) is 1.57. The van der Waals surface area contributed by atoms with Crippen LogP contribution in [0.4, 0.5) is 9.93 Å². The predicted octanol–water partition coefficient (Wildman–Crippen LogP) is 5.69. The van der Waals surface area contributed by atoms with E-state index >= 15 is 0 Å². The van der Waals surface area contributed by atoms with E-state index in [0.29, 0.717) is 46.6 Å². The van der Waals surface area contributed by atoms with E-state index in [2.05, 4.69) is 21.3 Å². The number of benzene rings is 1.